The minimum atomic E-state index is -0.0783. The number of hydrogen-bond acceptors (Lipinski definition) is 2. The van der Waals surface area contributed by atoms with Gasteiger partial charge in [0.1, 0.15) is 0 Å². The van der Waals surface area contributed by atoms with Crippen LogP contribution in [0.5, 0.6) is 0 Å². The van der Waals surface area contributed by atoms with E-state index in [2.05, 4.69) is 5.32 Å². The first kappa shape index (κ1) is 16.7. The quantitative estimate of drug-likeness (QED) is 0.922. The van der Waals surface area contributed by atoms with Gasteiger partial charge in [-0.2, -0.15) is 0 Å². The SMILES string of the molecule is CNC(=O)c1cccc(CCc2cccc(C(=O)N(C)C)c2)c1. The lowest BCUT2D eigenvalue weighted by Gasteiger charge is -2.11. The molecule has 0 aliphatic rings. The van der Waals surface area contributed by atoms with Crippen molar-refractivity contribution in [1.29, 1.82) is 0 Å². The van der Waals surface area contributed by atoms with Crippen molar-refractivity contribution in [2.75, 3.05) is 21.1 Å². The molecule has 4 nitrogen and oxygen atoms in total. The van der Waals surface area contributed by atoms with Gasteiger partial charge in [-0.3, -0.25) is 9.59 Å². The molecule has 0 atom stereocenters. The summed E-state index contributed by atoms with van der Waals surface area (Å²) in [5, 5.41) is 2.63. The third kappa shape index (κ3) is 4.42. The Morgan fingerprint density at radius 2 is 1.43 bits per heavy atom. The zero-order valence-corrected chi connectivity index (χ0v) is 13.8. The van der Waals surface area contributed by atoms with Crippen LogP contribution in [-0.4, -0.2) is 37.9 Å². The van der Waals surface area contributed by atoms with Crippen LogP contribution in [0, 0.1) is 0 Å². The summed E-state index contributed by atoms with van der Waals surface area (Å²) in [6.45, 7) is 0. The fraction of sp³-hybridized carbons (Fsp3) is 0.263. The van der Waals surface area contributed by atoms with Gasteiger partial charge in [-0.1, -0.05) is 24.3 Å². The number of rotatable bonds is 5. The van der Waals surface area contributed by atoms with Crippen LogP contribution >= 0.6 is 0 Å². The average Bonchev–Trinajstić information content (AvgIpc) is 2.59. The summed E-state index contributed by atoms with van der Waals surface area (Å²) in [5.41, 5.74) is 3.59. The van der Waals surface area contributed by atoms with Crippen molar-refractivity contribution in [3.05, 3.63) is 70.8 Å². The van der Waals surface area contributed by atoms with Crippen molar-refractivity contribution >= 4 is 11.8 Å². The zero-order valence-electron chi connectivity index (χ0n) is 13.8. The Morgan fingerprint density at radius 3 is 1.96 bits per heavy atom. The molecule has 0 spiro atoms. The van der Waals surface area contributed by atoms with E-state index in [0.29, 0.717) is 11.1 Å². The molecule has 0 aromatic heterocycles. The van der Waals surface area contributed by atoms with E-state index in [1.807, 2.05) is 42.5 Å². The Kier molecular flexibility index (Phi) is 5.52. The van der Waals surface area contributed by atoms with Crippen LogP contribution < -0.4 is 5.32 Å². The van der Waals surface area contributed by atoms with Crippen LogP contribution in [0.25, 0.3) is 0 Å². The molecule has 4 heteroatoms. The molecule has 0 radical (unpaired) electrons. The van der Waals surface area contributed by atoms with Crippen molar-refractivity contribution in [3.63, 3.8) is 0 Å². The van der Waals surface area contributed by atoms with E-state index in [1.54, 1.807) is 32.1 Å². The van der Waals surface area contributed by atoms with Gasteiger partial charge < -0.3 is 10.2 Å². The fourth-order valence-electron chi connectivity index (χ4n) is 2.42. The molecule has 23 heavy (non-hydrogen) atoms. The normalized spacial score (nSPS) is 10.2. The standard InChI is InChI=1S/C19H22N2O2/c1-20-18(22)16-8-4-6-14(12-16)10-11-15-7-5-9-17(13-15)19(23)21(2)3/h4-9,12-13H,10-11H2,1-3H3,(H,20,22). The van der Waals surface area contributed by atoms with Gasteiger partial charge in [-0.05, 0) is 48.2 Å². The number of hydrogen-bond donors (Lipinski definition) is 1. The molecule has 0 aliphatic heterocycles. The number of nitrogens with one attached hydrogen (secondary N) is 1. The third-order valence-corrected chi connectivity index (χ3v) is 3.70. The molecule has 0 aliphatic carbocycles. The highest BCUT2D eigenvalue weighted by atomic mass is 16.2. The van der Waals surface area contributed by atoms with E-state index in [9.17, 15) is 9.59 Å². The monoisotopic (exact) mass is 310 g/mol. The van der Waals surface area contributed by atoms with Crippen molar-refractivity contribution in [1.82, 2.24) is 10.2 Å². The van der Waals surface area contributed by atoms with Gasteiger partial charge in [-0.15, -0.1) is 0 Å². The highest BCUT2D eigenvalue weighted by Gasteiger charge is 2.08. The lowest BCUT2D eigenvalue weighted by Crippen LogP contribution is -2.21. The average molecular weight is 310 g/mol. The van der Waals surface area contributed by atoms with Crippen LogP contribution in [0.2, 0.25) is 0 Å². The summed E-state index contributed by atoms with van der Waals surface area (Å²) in [4.78, 5) is 25.3. The molecular weight excluding hydrogens is 288 g/mol. The Hall–Kier alpha value is -2.62. The second-order valence-corrected chi connectivity index (χ2v) is 5.68. The first-order valence-electron chi connectivity index (χ1n) is 7.63. The van der Waals surface area contributed by atoms with Crippen LogP contribution in [0.4, 0.5) is 0 Å². The molecule has 0 saturated heterocycles. The number of carbonyl (C=O) groups is 2. The molecule has 120 valence electrons. The van der Waals surface area contributed by atoms with Crippen LogP contribution in [0.3, 0.4) is 0 Å². The minimum Gasteiger partial charge on any atom is -0.355 e. The summed E-state index contributed by atoms with van der Waals surface area (Å²) in [5.74, 6) is -0.0705. The van der Waals surface area contributed by atoms with Crippen LogP contribution in [-0.2, 0) is 12.8 Å². The molecule has 0 heterocycles. The van der Waals surface area contributed by atoms with E-state index < -0.39 is 0 Å². The van der Waals surface area contributed by atoms with Gasteiger partial charge in [-0.25, -0.2) is 0 Å². The fourth-order valence-corrected chi connectivity index (χ4v) is 2.42. The Morgan fingerprint density at radius 1 is 0.913 bits per heavy atom. The predicted octanol–water partition coefficient (Wildman–Crippen LogP) is 2.53. The van der Waals surface area contributed by atoms with Crippen molar-refractivity contribution < 1.29 is 9.59 Å². The van der Waals surface area contributed by atoms with Crippen molar-refractivity contribution in [2.45, 2.75) is 12.8 Å². The van der Waals surface area contributed by atoms with E-state index in [-0.39, 0.29) is 11.8 Å². The molecule has 0 bridgehead atoms. The number of amides is 2. The molecule has 2 rings (SSSR count). The lowest BCUT2D eigenvalue weighted by atomic mass is 10.0. The smallest absolute Gasteiger partial charge is 0.253 e. The van der Waals surface area contributed by atoms with E-state index in [1.165, 1.54) is 0 Å². The molecule has 0 fully saturated rings. The summed E-state index contributed by atoms with van der Waals surface area (Å²) in [6.07, 6.45) is 1.65. The summed E-state index contributed by atoms with van der Waals surface area (Å²) >= 11 is 0. The molecule has 0 unspecified atom stereocenters. The van der Waals surface area contributed by atoms with Gasteiger partial charge in [0.25, 0.3) is 11.8 Å². The Bertz CT molecular complexity index is 708. The number of carbonyl (C=O) groups excluding carboxylic acids is 2. The van der Waals surface area contributed by atoms with Crippen LogP contribution in [0.15, 0.2) is 48.5 Å². The number of nitrogens with zero attached hydrogens (tertiary/aromatic N) is 1. The predicted molar refractivity (Wildman–Crippen MR) is 91.7 cm³/mol. The molecular formula is C19H22N2O2. The van der Waals surface area contributed by atoms with Crippen molar-refractivity contribution in [2.24, 2.45) is 0 Å². The topological polar surface area (TPSA) is 49.4 Å². The first-order valence-corrected chi connectivity index (χ1v) is 7.63. The van der Waals surface area contributed by atoms with E-state index in [0.717, 1.165) is 24.0 Å². The Labute approximate surface area is 137 Å². The largest absolute Gasteiger partial charge is 0.355 e. The highest BCUT2D eigenvalue weighted by Crippen LogP contribution is 2.12. The van der Waals surface area contributed by atoms with Gasteiger partial charge in [0.05, 0.1) is 0 Å². The zero-order chi connectivity index (χ0) is 16.8. The maximum absolute atomic E-state index is 12.0. The third-order valence-electron chi connectivity index (χ3n) is 3.70. The highest BCUT2D eigenvalue weighted by molar-refractivity contribution is 5.94. The van der Waals surface area contributed by atoms with Gasteiger partial charge in [0.15, 0.2) is 0 Å². The molecule has 0 saturated carbocycles. The molecule has 2 aromatic rings. The first-order chi connectivity index (χ1) is 11.0. The van der Waals surface area contributed by atoms with Gasteiger partial charge in [0.2, 0.25) is 0 Å². The second-order valence-electron chi connectivity index (χ2n) is 5.68. The Balaban J connectivity index is 2.08. The summed E-state index contributed by atoms with van der Waals surface area (Å²) in [7, 11) is 5.13. The number of aryl methyl sites for hydroxylation is 2. The van der Waals surface area contributed by atoms with Gasteiger partial charge >= 0.3 is 0 Å². The van der Waals surface area contributed by atoms with Crippen LogP contribution in [0.1, 0.15) is 31.8 Å². The van der Waals surface area contributed by atoms with Crippen molar-refractivity contribution in [3.8, 4) is 0 Å². The van der Waals surface area contributed by atoms with E-state index in [4.69, 9.17) is 0 Å². The molecule has 2 aromatic carbocycles. The number of benzene rings is 2. The lowest BCUT2D eigenvalue weighted by molar-refractivity contribution is 0.0827. The maximum atomic E-state index is 12.0. The van der Waals surface area contributed by atoms with E-state index >= 15 is 0 Å². The second kappa shape index (κ2) is 7.58. The minimum absolute atomic E-state index is 0.00784. The molecule has 2 amide bonds. The summed E-state index contributed by atoms with van der Waals surface area (Å²) < 4.78 is 0. The maximum Gasteiger partial charge on any atom is 0.253 e. The molecule has 1 N–H and O–H groups in total. The van der Waals surface area contributed by atoms with Gasteiger partial charge in [0, 0.05) is 32.3 Å². The summed E-state index contributed by atoms with van der Waals surface area (Å²) in [6, 6.07) is 15.3.